The lowest BCUT2D eigenvalue weighted by Gasteiger charge is -2.34. The highest BCUT2D eigenvalue weighted by Gasteiger charge is 2.24. The summed E-state index contributed by atoms with van der Waals surface area (Å²) in [5.41, 5.74) is 11.1. The molecule has 0 spiro atoms. The van der Waals surface area contributed by atoms with E-state index in [-0.39, 0.29) is 17.0 Å². The van der Waals surface area contributed by atoms with Crippen LogP contribution < -0.4 is 22.1 Å². The minimum absolute atomic E-state index is 0.0464. The van der Waals surface area contributed by atoms with Gasteiger partial charge in [0.1, 0.15) is 0 Å². The second-order valence-electron chi connectivity index (χ2n) is 9.36. The van der Waals surface area contributed by atoms with Crippen LogP contribution in [-0.4, -0.2) is 36.7 Å². The van der Waals surface area contributed by atoms with E-state index in [2.05, 4.69) is 50.2 Å². The van der Waals surface area contributed by atoms with Crippen molar-refractivity contribution in [2.75, 3.05) is 19.6 Å². The van der Waals surface area contributed by atoms with Crippen LogP contribution in [0.25, 0.3) is 0 Å². The molecule has 0 fully saturated rings. The number of hydrogen-bond acceptors (Lipinski definition) is 3. The Bertz CT molecular complexity index is 408. The zero-order valence-electron chi connectivity index (χ0n) is 20.4. The van der Waals surface area contributed by atoms with Gasteiger partial charge in [-0.3, -0.25) is 4.99 Å². The molecule has 29 heavy (non-hydrogen) atoms. The van der Waals surface area contributed by atoms with Gasteiger partial charge in [-0.15, -0.1) is 0 Å². The van der Waals surface area contributed by atoms with Gasteiger partial charge in [0.05, 0.1) is 6.54 Å². The van der Waals surface area contributed by atoms with Crippen LogP contribution in [0.3, 0.4) is 0 Å². The Morgan fingerprint density at radius 3 is 1.66 bits per heavy atom. The SMILES string of the molecule is CCCCCCCCCCCCN[C@@](C)(CC)CCNC(C)(CC)CN=C(N)N. The third-order valence-corrected chi connectivity index (χ3v) is 6.48. The van der Waals surface area contributed by atoms with Crippen LogP contribution in [0.15, 0.2) is 4.99 Å². The molecule has 0 heterocycles. The smallest absolute Gasteiger partial charge is 0.185 e. The monoisotopic (exact) mass is 411 g/mol. The second-order valence-corrected chi connectivity index (χ2v) is 9.36. The predicted octanol–water partition coefficient (Wildman–Crippen LogP) is 5.09. The first-order valence-corrected chi connectivity index (χ1v) is 12.4. The van der Waals surface area contributed by atoms with Crippen LogP contribution in [0, 0.1) is 0 Å². The average Bonchev–Trinajstić information content (AvgIpc) is 2.70. The molecule has 5 heteroatoms. The van der Waals surface area contributed by atoms with Crippen molar-refractivity contribution in [3.63, 3.8) is 0 Å². The molecule has 0 saturated carbocycles. The van der Waals surface area contributed by atoms with Gasteiger partial charge in [0, 0.05) is 11.1 Å². The summed E-state index contributed by atoms with van der Waals surface area (Å²) in [4.78, 5) is 4.21. The van der Waals surface area contributed by atoms with Crippen molar-refractivity contribution < 1.29 is 0 Å². The molecular formula is C24H53N5. The molecule has 5 nitrogen and oxygen atoms in total. The topological polar surface area (TPSA) is 88.5 Å². The van der Waals surface area contributed by atoms with Crippen LogP contribution in [0.4, 0.5) is 0 Å². The number of aliphatic imine (C=N–C) groups is 1. The minimum Gasteiger partial charge on any atom is -0.370 e. The number of nitrogens with two attached hydrogens (primary N) is 2. The first kappa shape index (κ1) is 28.2. The van der Waals surface area contributed by atoms with Crippen molar-refractivity contribution in [1.29, 1.82) is 0 Å². The van der Waals surface area contributed by atoms with Crippen molar-refractivity contribution in [2.24, 2.45) is 16.5 Å². The van der Waals surface area contributed by atoms with Crippen molar-refractivity contribution in [3.05, 3.63) is 0 Å². The fourth-order valence-electron chi connectivity index (χ4n) is 3.59. The lowest BCUT2D eigenvalue weighted by Crippen LogP contribution is -2.50. The minimum atomic E-state index is -0.0464. The summed E-state index contributed by atoms with van der Waals surface area (Å²) in [5.74, 6) is 0.169. The van der Waals surface area contributed by atoms with E-state index in [4.69, 9.17) is 11.5 Å². The van der Waals surface area contributed by atoms with Crippen molar-refractivity contribution in [1.82, 2.24) is 10.6 Å². The van der Waals surface area contributed by atoms with Gasteiger partial charge in [0.2, 0.25) is 0 Å². The Kier molecular flexibility index (Phi) is 16.5. The van der Waals surface area contributed by atoms with E-state index in [9.17, 15) is 0 Å². The van der Waals surface area contributed by atoms with E-state index in [1.54, 1.807) is 0 Å². The van der Waals surface area contributed by atoms with Crippen molar-refractivity contribution in [2.45, 2.75) is 129 Å². The molecule has 0 bridgehead atoms. The normalized spacial score (nSPS) is 15.6. The molecule has 6 N–H and O–H groups in total. The summed E-state index contributed by atoms with van der Waals surface area (Å²) in [5, 5.41) is 7.49. The fourth-order valence-corrected chi connectivity index (χ4v) is 3.59. The largest absolute Gasteiger partial charge is 0.370 e. The molecule has 1 unspecified atom stereocenters. The molecule has 0 aromatic carbocycles. The van der Waals surface area contributed by atoms with E-state index in [0.717, 1.165) is 32.4 Å². The van der Waals surface area contributed by atoms with E-state index in [1.165, 1.54) is 64.2 Å². The summed E-state index contributed by atoms with van der Waals surface area (Å²) < 4.78 is 0. The molecule has 0 radical (unpaired) electrons. The zero-order chi connectivity index (χ0) is 22.0. The second kappa shape index (κ2) is 16.9. The molecule has 0 rings (SSSR count). The maximum Gasteiger partial charge on any atom is 0.185 e. The molecule has 2 atom stereocenters. The summed E-state index contributed by atoms with van der Waals surface area (Å²) >= 11 is 0. The van der Waals surface area contributed by atoms with Gasteiger partial charge in [-0.05, 0) is 52.6 Å². The lowest BCUT2D eigenvalue weighted by atomic mass is 9.92. The van der Waals surface area contributed by atoms with Gasteiger partial charge in [-0.2, -0.15) is 0 Å². The first-order chi connectivity index (χ1) is 13.8. The van der Waals surface area contributed by atoms with Gasteiger partial charge in [0.25, 0.3) is 0 Å². The highest BCUT2D eigenvalue weighted by Crippen LogP contribution is 2.17. The third-order valence-electron chi connectivity index (χ3n) is 6.48. The average molecular weight is 412 g/mol. The van der Waals surface area contributed by atoms with Gasteiger partial charge in [-0.25, -0.2) is 0 Å². The predicted molar refractivity (Wildman–Crippen MR) is 131 cm³/mol. The van der Waals surface area contributed by atoms with E-state index in [1.807, 2.05) is 0 Å². The zero-order valence-corrected chi connectivity index (χ0v) is 20.4. The quantitative estimate of drug-likeness (QED) is 0.128. The van der Waals surface area contributed by atoms with E-state index < -0.39 is 0 Å². The van der Waals surface area contributed by atoms with Crippen LogP contribution in [-0.2, 0) is 0 Å². The van der Waals surface area contributed by atoms with Crippen LogP contribution >= 0.6 is 0 Å². The third kappa shape index (κ3) is 15.7. The number of nitrogens with zero attached hydrogens (tertiary/aromatic N) is 1. The fraction of sp³-hybridized carbons (Fsp3) is 0.958. The number of guanidine groups is 1. The number of unbranched alkanes of at least 4 members (excludes halogenated alkanes) is 9. The molecule has 0 aliphatic carbocycles. The Morgan fingerprint density at radius 2 is 1.17 bits per heavy atom. The van der Waals surface area contributed by atoms with Gasteiger partial charge in [0.15, 0.2) is 5.96 Å². The van der Waals surface area contributed by atoms with Crippen molar-refractivity contribution in [3.8, 4) is 0 Å². The molecule has 0 aromatic rings. The van der Waals surface area contributed by atoms with E-state index in [0.29, 0.717) is 6.54 Å². The molecule has 0 saturated heterocycles. The highest BCUT2D eigenvalue weighted by atomic mass is 15.1. The van der Waals surface area contributed by atoms with Gasteiger partial charge < -0.3 is 22.1 Å². The van der Waals surface area contributed by atoms with Crippen LogP contribution in [0.2, 0.25) is 0 Å². The maximum absolute atomic E-state index is 5.49. The highest BCUT2D eigenvalue weighted by molar-refractivity contribution is 5.75. The van der Waals surface area contributed by atoms with Gasteiger partial charge in [-0.1, -0.05) is 78.6 Å². The molecule has 0 aliphatic rings. The Morgan fingerprint density at radius 1 is 0.690 bits per heavy atom. The van der Waals surface area contributed by atoms with Crippen LogP contribution in [0.1, 0.15) is 118 Å². The number of hydrogen-bond donors (Lipinski definition) is 4. The summed E-state index contributed by atoms with van der Waals surface area (Å²) in [6.07, 6.45) is 17.2. The number of nitrogens with one attached hydrogen (secondary N) is 2. The van der Waals surface area contributed by atoms with Crippen molar-refractivity contribution >= 4 is 5.96 Å². The standard InChI is InChI=1S/C24H53N5/c1-6-9-10-11-12-13-14-15-16-17-19-28-23(4,7-2)18-20-29-24(5,8-3)21-27-22(25)26/h28-29H,6-21H2,1-5H3,(H4,25,26,27)/t23-,24?/m0/s1. The Hall–Kier alpha value is -0.810. The summed E-state index contributed by atoms with van der Waals surface area (Å²) in [6.45, 7) is 14.0. The Labute approximate surface area is 182 Å². The van der Waals surface area contributed by atoms with E-state index >= 15 is 0 Å². The number of rotatable bonds is 20. The summed E-state index contributed by atoms with van der Waals surface area (Å²) in [6, 6.07) is 0. The maximum atomic E-state index is 5.49. The first-order valence-electron chi connectivity index (χ1n) is 12.4. The summed E-state index contributed by atoms with van der Waals surface area (Å²) in [7, 11) is 0. The lowest BCUT2D eigenvalue weighted by molar-refractivity contribution is 0.280. The molecule has 174 valence electrons. The molecule has 0 amide bonds. The Balaban J connectivity index is 3.92. The molecular weight excluding hydrogens is 358 g/mol. The molecule has 0 aliphatic heterocycles. The molecule has 0 aromatic heterocycles. The van der Waals surface area contributed by atoms with Gasteiger partial charge >= 0.3 is 0 Å². The van der Waals surface area contributed by atoms with Crippen LogP contribution in [0.5, 0.6) is 0 Å².